The normalized spacial score (nSPS) is 11.1. The van der Waals surface area contributed by atoms with Crippen LogP contribution in [0.4, 0.5) is 0 Å². The van der Waals surface area contributed by atoms with E-state index in [1.165, 1.54) is 0 Å². The molecule has 9 rings (SSSR count). The molecule has 2 aliphatic heterocycles. The standard InChI is InChI=1S/C52H46N4O8.2ClH.Fe/c1-57-29-9-13-33(45(25-29)61-5)49-37-17-19-39(53-37)50(34-14-10-30(58-2)26-46(34)62-6)41-21-23-43(55-41)52(36-16-12-32(60-4)28-48(36)64-8)44-24-22-42(56-44)51(40-20-18-38(49)54-40)35-15-11-31(59-3)27-47(35)63-7;;;/h9-28,53,56H,1-8H3;2*1H;/q;;;+2/p-2. The number of aromatic nitrogens is 4. The number of fused-ring (bicyclic) bond motifs is 8. The van der Waals surface area contributed by atoms with Crippen molar-refractivity contribution in [2.24, 2.45) is 0 Å². The van der Waals surface area contributed by atoms with E-state index in [2.05, 4.69) is 9.97 Å². The van der Waals surface area contributed by atoms with Crippen LogP contribution in [0, 0.1) is 0 Å². The van der Waals surface area contributed by atoms with Gasteiger partial charge < -0.3 is 72.7 Å². The SMILES string of the molecule is COc1ccc(-c2c3nc(c(-c4ccc(OC)cc4OC)c4ccc([nH]4)c(-c4ccc(OC)cc4OC)c4nc(c(-c5ccc(OC)cc5OC)c5ccc2[nH]5)C=C4)C=C3)c(OC)c1.[Cl-].[Cl-].[Fe+2]. The Morgan fingerprint density at radius 1 is 0.313 bits per heavy atom. The second kappa shape index (κ2) is 21.1. The second-order valence-electron chi connectivity index (χ2n) is 14.8. The van der Waals surface area contributed by atoms with E-state index in [4.69, 9.17) is 47.9 Å². The van der Waals surface area contributed by atoms with Gasteiger partial charge in [-0.15, -0.1) is 0 Å². The number of benzene rings is 4. The van der Waals surface area contributed by atoms with Gasteiger partial charge in [0.05, 0.1) is 79.7 Å². The molecule has 4 aromatic carbocycles. The summed E-state index contributed by atoms with van der Waals surface area (Å²) in [6.07, 6.45) is 8.09. The van der Waals surface area contributed by atoms with Gasteiger partial charge >= 0.3 is 17.1 Å². The molecule has 0 unspecified atom stereocenters. The van der Waals surface area contributed by atoms with Gasteiger partial charge in [-0.2, -0.15) is 0 Å². The molecule has 0 saturated carbocycles. The van der Waals surface area contributed by atoms with Gasteiger partial charge in [-0.25, -0.2) is 9.97 Å². The fourth-order valence-electron chi connectivity index (χ4n) is 8.36. The number of nitrogens with zero attached hydrogens (tertiary/aromatic N) is 2. The average molecular weight is 982 g/mol. The van der Waals surface area contributed by atoms with Crippen molar-refractivity contribution in [2.45, 2.75) is 0 Å². The van der Waals surface area contributed by atoms with Gasteiger partial charge in [-0.3, -0.25) is 0 Å². The number of H-pyrrole nitrogens is 2. The number of methoxy groups -OCH3 is 8. The van der Waals surface area contributed by atoms with Crippen molar-refractivity contribution in [3.8, 4) is 90.5 Å². The van der Waals surface area contributed by atoms with Gasteiger partial charge in [0.15, 0.2) is 0 Å². The van der Waals surface area contributed by atoms with Gasteiger partial charge in [0.1, 0.15) is 46.0 Å². The van der Waals surface area contributed by atoms with Crippen LogP contribution in [0.1, 0.15) is 22.8 Å². The first-order chi connectivity index (χ1) is 31.3. The Morgan fingerprint density at radius 3 is 0.731 bits per heavy atom. The van der Waals surface area contributed by atoms with Crippen molar-refractivity contribution >= 4 is 46.4 Å². The van der Waals surface area contributed by atoms with Crippen LogP contribution in [0.25, 0.3) is 90.9 Å². The fourth-order valence-corrected chi connectivity index (χ4v) is 8.36. The molecule has 0 saturated heterocycles. The molecular weight excluding hydrogens is 935 g/mol. The number of rotatable bonds is 12. The Bertz CT molecular complexity index is 2790. The molecule has 12 nitrogen and oxygen atoms in total. The minimum atomic E-state index is 0. The van der Waals surface area contributed by atoms with Gasteiger partial charge in [-0.05, 0) is 97.1 Å². The van der Waals surface area contributed by atoms with Gasteiger partial charge in [0, 0.05) is 90.8 Å². The molecule has 2 N–H and O–H groups in total. The number of hydrogen-bond donors (Lipinski definition) is 2. The Labute approximate surface area is 411 Å². The van der Waals surface area contributed by atoms with Crippen molar-refractivity contribution in [2.75, 3.05) is 56.9 Å². The maximum Gasteiger partial charge on any atom is 2.00 e. The molecule has 15 heteroatoms. The van der Waals surface area contributed by atoms with Crippen LogP contribution in [0.2, 0.25) is 0 Å². The van der Waals surface area contributed by atoms with Crippen LogP contribution >= 0.6 is 0 Å². The third-order valence-corrected chi connectivity index (χ3v) is 11.5. The van der Waals surface area contributed by atoms with E-state index < -0.39 is 0 Å². The summed E-state index contributed by atoms with van der Waals surface area (Å²) in [5, 5.41) is 0. The van der Waals surface area contributed by atoms with Crippen LogP contribution in [0.5, 0.6) is 46.0 Å². The first-order valence-corrected chi connectivity index (χ1v) is 20.4. The summed E-state index contributed by atoms with van der Waals surface area (Å²) >= 11 is 0. The molecule has 5 heterocycles. The zero-order valence-corrected chi connectivity index (χ0v) is 40.4. The molecule has 2 aliphatic rings. The molecular formula is C52H46Cl2FeN4O8. The van der Waals surface area contributed by atoms with Crippen LogP contribution in [0.3, 0.4) is 0 Å². The molecule has 0 spiro atoms. The maximum atomic E-state index is 6.03. The number of aromatic amines is 2. The van der Waals surface area contributed by atoms with E-state index in [0.29, 0.717) is 68.8 Å². The fraction of sp³-hybridized carbons (Fsp3) is 0.154. The summed E-state index contributed by atoms with van der Waals surface area (Å²) in [7, 11) is 13.1. The summed E-state index contributed by atoms with van der Waals surface area (Å²) in [6, 6.07) is 31.3. The Morgan fingerprint density at radius 2 is 0.537 bits per heavy atom. The first-order valence-electron chi connectivity index (χ1n) is 20.4. The quantitative estimate of drug-likeness (QED) is 0.154. The van der Waals surface area contributed by atoms with Gasteiger partial charge in [0.25, 0.3) is 0 Å². The van der Waals surface area contributed by atoms with E-state index in [1.807, 2.05) is 121 Å². The molecule has 0 aliphatic carbocycles. The van der Waals surface area contributed by atoms with Crippen LogP contribution in [-0.2, 0) is 17.1 Å². The number of halogens is 2. The molecule has 0 amide bonds. The molecule has 3 aromatic heterocycles. The number of ether oxygens (including phenoxy) is 8. The summed E-state index contributed by atoms with van der Waals surface area (Å²) in [5.74, 6) is 5.08. The third kappa shape index (κ3) is 9.11. The molecule has 344 valence electrons. The molecule has 8 bridgehead atoms. The van der Waals surface area contributed by atoms with E-state index in [-0.39, 0.29) is 41.9 Å². The van der Waals surface area contributed by atoms with Gasteiger partial charge in [0.2, 0.25) is 0 Å². The average Bonchev–Trinajstić information content (AvgIpc) is 4.20. The zero-order valence-electron chi connectivity index (χ0n) is 37.8. The monoisotopic (exact) mass is 980 g/mol. The maximum absolute atomic E-state index is 6.03. The van der Waals surface area contributed by atoms with Crippen molar-refractivity contribution in [1.29, 1.82) is 0 Å². The molecule has 0 atom stereocenters. The Balaban J connectivity index is 0.00000247. The first kappa shape index (κ1) is 49.4. The van der Waals surface area contributed by atoms with E-state index in [0.717, 1.165) is 66.6 Å². The molecule has 7 aromatic rings. The summed E-state index contributed by atoms with van der Waals surface area (Å²) < 4.78 is 46.6. The minimum absolute atomic E-state index is 0. The molecule has 0 radical (unpaired) electrons. The summed E-state index contributed by atoms with van der Waals surface area (Å²) in [5.41, 5.74) is 12.4. The third-order valence-electron chi connectivity index (χ3n) is 11.5. The topological polar surface area (TPSA) is 131 Å². The van der Waals surface area contributed by atoms with Crippen LogP contribution in [-0.4, -0.2) is 76.8 Å². The number of hydrogen-bond acceptors (Lipinski definition) is 10. The van der Waals surface area contributed by atoms with Crippen molar-refractivity contribution in [3.63, 3.8) is 0 Å². The Kier molecular flexibility index (Phi) is 15.5. The summed E-state index contributed by atoms with van der Waals surface area (Å²) in [6.45, 7) is 0. The molecule has 0 fully saturated rings. The van der Waals surface area contributed by atoms with E-state index in [9.17, 15) is 0 Å². The van der Waals surface area contributed by atoms with Crippen molar-refractivity contribution < 1.29 is 79.8 Å². The smallest absolute Gasteiger partial charge is 1.00 e. The van der Waals surface area contributed by atoms with Crippen molar-refractivity contribution in [1.82, 2.24) is 19.9 Å². The minimum Gasteiger partial charge on any atom is -1.00 e. The largest absolute Gasteiger partial charge is 2.00 e. The molecule has 67 heavy (non-hydrogen) atoms. The predicted molar refractivity (Wildman–Crippen MR) is 253 cm³/mol. The Hall–Kier alpha value is -7.02. The van der Waals surface area contributed by atoms with E-state index in [1.54, 1.807) is 56.9 Å². The zero-order chi connectivity index (χ0) is 44.5. The second-order valence-corrected chi connectivity index (χ2v) is 14.8. The van der Waals surface area contributed by atoms with E-state index >= 15 is 0 Å². The van der Waals surface area contributed by atoms with Crippen LogP contribution < -0.4 is 62.7 Å². The van der Waals surface area contributed by atoms with Crippen molar-refractivity contribution in [3.05, 3.63) is 120 Å². The summed E-state index contributed by atoms with van der Waals surface area (Å²) in [4.78, 5) is 18.4. The van der Waals surface area contributed by atoms with Gasteiger partial charge in [-0.1, -0.05) is 0 Å². The van der Waals surface area contributed by atoms with Crippen LogP contribution in [0.15, 0.2) is 97.1 Å². The number of nitrogens with one attached hydrogen (secondary N) is 2. The predicted octanol–water partition coefficient (Wildman–Crippen LogP) is 5.40.